The molecule has 4 nitrogen and oxygen atoms in total. The zero-order valence-corrected chi connectivity index (χ0v) is 12.5. The first-order chi connectivity index (χ1) is 8.31. The summed E-state index contributed by atoms with van der Waals surface area (Å²) in [6.07, 6.45) is 4.93. The van der Waals surface area contributed by atoms with Gasteiger partial charge in [0, 0.05) is 29.0 Å². The van der Waals surface area contributed by atoms with Gasteiger partial charge in [-0.25, -0.2) is 8.42 Å². The molecule has 1 heterocycles. The second-order valence-electron chi connectivity index (χ2n) is 4.96. The van der Waals surface area contributed by atoms with Crippen LogP contribution in [0.4, 0.5) is 0 Å². The lowest BCUT2D eigenvalue weighted by atomic mass is 9.95. The van der Waals surface area contributed by atoms with Crippen LogP contribution in [0.3, 0.4) is 0 Å². The van der Waals surface area contributed by atoms with Gasteiger partial charge in [-0.15, -0.1) is 0 Å². The first-order valence-electron chi connectivity index (χ1n) is 5.83. The maximum Gasteiger partial charge on any atom is 0.153 e. The highest BCUT2D eigenvalue weighted by Crippen LogP contribution is 2.37. The van der Waals surface area contributed by atoms with Gasteiger partial charge in [-0.1, -0.05) is 0 Å². The van der Waals surface area contributed by atoms with Crippen LogP contribution < -0.4 is 0 Å². The average molecular weight is 334 g/mol. The molecule has 2 unspecified atom stereocenters. The van der Waals surface area contributed by atoms with Gasteiger partial charge in [0.05, 0.1) is 10.9 Å². The molecule has 1 aliphatic carbocycles. The Morgan fingerprint density at radius 1 is 1.56 bits per heavy atom. The van der Waals surface area contributed by atoms with Crippen LogP contribution >= 0.6 is 15.9 Å². The number of nitrogens with zero attached hydrogens (tertiary/aromatic N) is 1. The lowest BCUT2D eigenvalue weighted by Crippen LogP contribution is -2.44. The molecule has 2 rings (SSSR count). The lowest BCUT2D eigenvalue weighted by Gasteiger charge is -2.28. The normalized spacial score (nSPS) is 28.5. The van der Waals surface area contributed by atoms with Crippen molar-refractivity contribution in [3.63, 3.8) is 0 Å². The summed E-state index contributed by atoms with van der Waals surface area (Å²) < 4.78 is 24.3. The van der Waals surface area contributed by atoms with Crippen LogP contribution in [0.2, 0.25) is 0 Å². The fraction of sp³-hybridized carbons (Fsp3) is 0.583. The van der Waals surface area contributed by atoms with E-state index in [-0.39, 0.29) is 6.42 Å². The average Bonchev–Trinajstić information content (AvgIpc) is 2.63. The number of pyridine rings is 1. The number of rotatable bonds is 3. The van der Waals surface area contributed by atoms with Crippen molar-refractivity contribution in [1.29, 1.82) is 0 Å². The third kappa shape index (κ3) is 2.92. The van der Waals surface area contributed by atoms with Gasteiger partial charge < -0.3 is 5.11 Å². The summed E-state index contributed by atoms with van der Waals surface area (Å²) in [6.45, 7) is 0. The van der Waals surface area contributed by atoms with E-state index in [1.165, 1.54) is 6.26 Å². The van der Waals surface area contributed by atoms with Gasteiger partial charge in [-0.3, -0.25) is 4.98 Å². The van der Waals surface area contributed by atoms with Crippen molar-refractivity contribution in [3.8, 4) is 0 Å². The largest absolute Gasteiger partial charge is 0.388 e. The Balaban J connectivity index is 2.23. The summed E-state index contributed by atoms with van der Waals surface area (Å²) in [5, 5.41) is 9.91. The van der Waals surface area contributed by atoms with Crippen molar-refractivity contribution in [1.82, 2.24) is 4.98 Å². The van der Waals surface area contributed by atoms with Gasteiger partial charge in [0.1, 0.15) is 0 Å². The van der Waals surface area contributed by atoms with Crippen molar-refractivity contribution in [2.45, 2.75) is 36.5 Å². The minimum Gasteiger partial charge on any atom is -0.388 e. The highest BCUT2D eigenvalue weighted by Gasteiger charge is 2.46. The standard InChI is InChI=1S/C12H16BrNO3S/c1-18(16,17)11-3-2-6-12(11,15)7-10-5-4-9(13)8-14-10/h4-5,8,11,15H,2-3,6-7H2,1H3. The van der Waals surface area contributed by atoms with Crippen molar-refractivity contribution in [3.05, 3.63) is 28.5 Å². The zero-order chi connectivity index (χ0) is 13.4. The number of hydrogen-bond acceptors (Lipinski definition) is 4. The van der Waals surface area contributed by atoms with E-state index in [4.69, 9.17) is 0 Å². The predicted octanol–water partition coefficient (Wildman–Crippen LogP) is 1.71. The van der Waals surface area contributed by atoms with Crippen LogP contribution in [0.5, 0.6) is 0 Å². The number of sulfone groups is 1. The summed E-state index contributed by atoms with van der Waals surface area (Å²) in [4.78, 5) is 4.20. The molecule has 0 bridgehead atoms. The van der Waals surface area contributed by atoms with Crippen LogP contribution in [0.15, 0.2) is 22.8 Å². The van der Waals surface area contributed by atoms with Gasteiger partial charge >= 0.3 is 0 Å². The Morgan fingerprint density at radius 2 is 2.28 bits per heavy atom. The summed E-state index contributed by atoms with van der Waals surface area (Å²) in [6, 6.07) is 3.65. The Bertz CT molecular complexity index is 529. The van der Waals surface area contributed by atoms with Crippen molar-refractivity contribution in [2.75, 3.05) is 6.26 Å². The van der Waals surface area contributed by atoms with E-state index in [0.29, 0.717) is 12.8 Å². The topological polar surface area (TPSA) is 67.3 Å². The fourth-order valence-electron chi connectivity index (χ4n) is 2.66. The lowest BCUT2D eigenvalue weighted by molar-refractivity contribution is 0.0503. The zero-order valence-electron chi connectivity index (χ0n) is 10.1. The minimum atomic E-state index is -3.23. The number of hydrogen-bond donors (Lipinski definition) is 1. The van der Waals surface area contributed by atoms with E-state index in [0.717, 1.165) is 16.6 Å². The van der Waals surface area contributed by atoms with Gasteiger partial charge in [-0.05, 0) is 47.3 Å². The second-order valence-corrected chi connectivity index (χ2v) is 8.10. The smallest absolute Gasteiger partial charge is 0.153 e. The monoisotopic (exact) mass is 333 g/mol. The quantitative estimate of drug-likeness (QED) is 0.914. The van der Waals surface area contributed by atoms with E-state index < -0.39 is 20.7 Å². The molecular formula is C12H16BrNO3S. The third-order valence-corrected chi connectivity index (χ3v) is 5.65. The molecule has 0 spiro atoms. The van der Waals surface area contributed by atoms with Crippen LogP contribution in [0.1, 0.15) is 25.0 Å². The van der Waals surface area contributed by atoms with Gasteiger partial charge in [0.15, 0.2) is 9.84 Å². The molecule has 0 amide bonds. The van der Waals surface area contributed by atoms with E-state index in [2.05, 4.69) is 20.9 Å². The van der Waals surface area contributed by atoms with Crippen LogP contribution in [0.25, 0.3) is 0 Å². The van der Waals surface area contributed by atoms with Crippen molar-refractivity contribution < 1.29 is 13.5 Å². The summed E-state index contributed by atoms with van der Waals surface area (Å²) >= 11 is 3.29. The minimum absolute atomic E-state index is 0.290. The SMILES string of the molecule is CS(=O)(=O)C1CCCC1(O)Cc1ccc(Br)cn1. The van der Waals surface area contributed by atoms with Gasteiger partial charge in [-0.2, -0.15) is 0 Å². The first kappa shape index (κ1) is 14.0. The Kier molecular flexibility index (Phi) is 3.80. The molecule has 1 aliphatic rings. The highest BCUT2D eigenvalue weighted by atomic mass is 79.9. The molecular weight excluding hydrogens is 318 g/mol. The van der Waals surface area contributed by atoms with Crippen molar-refractivity contribution >= 4 is 25.8 Å². The van der Waals surface area contributed by atoms with Crippen LogP contribution in [-0.4, -0.2) is 35.6 Å². The molecule has 0 aromatic carbocycles. The molecule has 0 radical (unpaired) electrons. The molecule has 6 heteroatoms. The number of aliphatic hydroxyl groups is 1. The van der Waals surface area contributed by atoms with Crippen LogP contribution in [0, 0.1) is 0 Å². The summed E-state index contributed by atoms with van der Waals surface area (Å²) in [5.41, 5.74) is -0.453. The van der Waals surface area contributed by atoms with Gasteiger partial charge in [0.25, 0.3) is 0 Å². The molecule has 1 aromatic rings. The Morgan fingerprint density at radius 3 is 2.83 bits per heavy atom. The molecule has 2 atom stereocenters. The van der Waals surface area contributed by atoms with Crippen LogP contribution in [-0.2, 0) is 16.3 Å². The molecule has 0 aliphatic heterocycles. The third-order valence-electron chi connectivity index (χ3n) is 3.47. The van der Waals surface area contributed by atoms with E-state index in [9.17, 15) is 13.5 Å². The van der Waals surface area contributed by atoms with Gasteiger partial charge in [0.2, 0.25) is 0 Å². The molecule has 1 saturated carbocycles. The second kappa shape index (κ2) is 4.90. The van der Waals surface area contributed by atoms with E-state index in [1.54, 1.807) is 12.3 Å². The molecule has 0 saturated heterocycles. The molecule has 18 heavy (non-hydrogen) atoms. The summed E-state index contributed by atoms with van der Waals surface area (Å²) in [7, 11) is -3.23. The maximum absolute atomic E-state index is 11.7. The summed E-state index contributed by atoms with van der Waals surface area (Å²) in [5.74, 6) is 0. The Labute approximate surface area is 115 Å². The molecule has 1 fully saturated rings. The first-order valence-corrected chi connectivity index (χ1v) is 8.58. The molecule has 100 valence electrons. The number of halogens is 1. The Hall–Kier alpha value is -0.460. The maximum atomic E-state index is 11.7. The van der Waals surface area contributed by atoms with E-state index >= 15 is 0 Å². The number of aromatic nitrogens is 1. The van der Waals surface area contributed by atoms with Crippen molar-refractivity contribution in [2.24, 2.45) is 0 Å². The van der Waals surface area contributed by atoms with E-state index in [1.807, 2.05) is 6.07 Å². The molecule has 1 N–H and O–H groups in total. The predicted molar refractivity (Wildman–Crippen MR) is 73.1 cm³/mol. The fourth-order valence-corrected chi connectivity index (χ4v) is 4.49. The highest BCUT2D eigenvalue weighted by molar-refractivity contribution is 9.10. The molecule has 1 aromatic heterocycles.